The lowest BCUT2D eigenvalue weighted by atomic mass is 10.0. The minimum absolute atomic E-state index is 0.0516. The van der Waals surface area contributed by atoms with E-state index in [1.807, 2.05) is 24.3 Å². The van der Waals surface area contributed by atoms with Crippen molar-refractivity contribution < 1.29 is 9.53 Å². The van der Waals surface area contributed by atoms with Crippen molar-refractivity contribution in [3.8, 4) is 0 Å². The highest BCUT2D eigenvalue weighted by Crippen LogP contribution is 2.21. The summed E-state index contributed by atoms with van der Waals surface area (Å²) < 4.78 is 6.32. The van der Waals surface area contributed by atoms with Gasteiger partial charge in [-0.3, -0.25) is 4.79 Å². The number of nitrogens with two attached hydrogens (primary N) is 1. The number of hydrogen-bond donors (Lipinski definition) is 2. The molecule has 1 aliphatic heterocycles. The Morgan fingerprint density at radius 1 is 1.47 bits per heavy atom. The van der Waals surface area contributed by atoms with Gasteiger partial charge in [-0.15, -0.1) is 11.3 Å². The van der Waals surface area contributed by atoms with Gasteiger partial charge in [0.1, 0.15) is 5.01 Å². The van der Waals surface area contributed by atoms with Gasteiger partial charge in [0, 0.05) is 6.04 Å². The average Bonchev–Trinajstić information content (AvgIpc) is 3.01. The molecule has 2 unspecified atom stereocenters. The first-order valence-electron chi connectivity index (χ1n) is 6.19. The lowest BCUT2D eigenvalue weighted by Gasteiger charge is -2.12. The summed E-state index contributed by atoms with van der Waals surface area (Å²) in [5.74, 6) is -0.293. The summed E-state index contributed by atoms with van der Waals surface area (Å²) in [4.78, 5) is 16.4. The molecule has 1 fully saturated rings. The van der Waals surface area contributed by atoms with Crippen LogP contribution in [0, 0.1) is 5.92 Å². The third-order valence-corrected chi connectivity index (χ3v) is 4.25. The number of carbonyl (C=O) groups excluding carboxylic acids is 1. The summed E-state index contributed by atoms with van der Waals surface area (Å²) in [7, 11) is 0. The second kappa shape index (κ2) is 5.24. The van der Waals surface area contributed by atoms with Gasteiger partial charge in [-0.25, -0.2) is 4.98 Å². The van der Waals surface area contributed by atoms with Gasteiger partial charge in [0.15, 0.2) is 0 Å². The van der Waals surface area contributed by atoms with E-state index in [-0.39, 0.29) is 17.9 Å². The second-order valence-electron chi connectivity index (χ2n) is 4.60. The van der Waals surface area contributed by atoms with Gasteiger partial charge in [-0.2, -0.15) is 0 Å². The number of thiazole rings is 1. The molecule has 1 aliphatic rings. The fourth-order valence-electron chi connectivity index (χ4n) is 2.13. The Kier molecular flexibility index (Phi) is 3.46. The molecule has 0 bridgehead atoms. The van der Waals surface area contributed by atoms with Crippen molar-refractivity contribution in [2.45, 2.75) is 12.6 Å². The third kappa shape index (κ3) is 2.60. The molecule has 100 valence electrons. The van der Waals surface area contributed by atoms with Crippen molar-refractivity contribution >= 4 is 27.5 Å². The zero-order valence-corrected chi connectivity index (χ0v) is 11.2. The summed E-state index contributed by atoms with van der Waals surface area (Å²) in [6.45, 7) is 1.31. The van der Waals surface area contributed by atoms with Gasteiger partial charge in [-0.05, 0) is 12.1 Å². The molecule has 0 radical (unpaired) electrons. The third-order valence-electron chi connectivity index (χ3n) is 3.21. The van der Waals surface area contributed by atoms with Gasteiger partial charge >= 0.3 is 0 Å². The fraction of sp³-hybridized carbons (Fsp3) is 0.385. The van der Waals surface area contributed by atoms with E-state index in [4.69, 9.17) is 10.5 Å². The largest absolute Gasteiger partial charge is 0.379 e. The molecule has 5 nitrogen and oxygen atoms in total. The summed E-state index contributed by atoms with van der Waals surface area (Å²) in [6, 6.07) is 7.74. The zero-order chi connectivity index (χ0) is 13.2. The maximum absolute atomic E-state index is 11.9. The van der Waals surface area contributed by atoms with Crippen molar-refractivity contribution in [2.75, 3.05) is 13.2 Å². The summed E-state index contributed by atoms with van der Waals surface area (Å²) in [5, 5.41) is 3.79. The predicted molar refractivity (Wildman–Crippen MR) is 73.8 cm³/mol. The van der Waals surface area contributed by atoms with Crippen LogP contribution in [0.1, 0.15) is 5.01 Å². The summed E-state index contributed by atoms with van der Waals surface area (Å²) in [6.07, 6.45) is 0. The molecule has 3 N–H and O–H groups in total. The van der Waals surface area contributed by atoms with E-state index >= 15 is 0 Å². The Morgan fingerprint density at radius 2 is 2.32 bits per heavy atom. The van der Waals surface area contributed by atoms with Gasteiger partial charge in [0.2, 0.25) is 5.91 Å². The Morgan fingerprint density at radius 3 is 3.05 bits per heavy atom. The first kappa shape index (κ1) is 12.5. The Bertz CT molecular complexity index is 565. The monoisotopic (exact) mass is 277 g/mol. The zero-order valence-electron chi connectivity index (χ0n) is 10.3. The van der Waals surface area contributed by atoms with Crippen molar-refractivity contribution in [2.24, 2.45) is 11.7 Å². The van der Waals surface area contributed by atoms with Crippen LogP contribution in [0.15, 0.2) is 24.3 Å². The molecule has 1 amide bonds. The first-order chi connectivity index (χ1) is 9.24. The molecule has 2 atom stereocenters. The van der Waals surface area contributed by atoms with Crippen molar-refractivity contribution in [3.05, 3.63) is 29.3 Å². The molecular formula is C13H15N3O2S. The lowest BCUT2D eigenvalue weighted by molar-refractivity contribution is -0.125. The molecule has 19 heavy (non-hydrogen) atoms. The number of nitrogens with zero attached hydrogens (tertiary/aromatic N) is 1. The van der Waals surface area contributed by atoms with E-state index in [0.717, 1.165) is 15.2 Å². The summed E-state index contributed by atoms with van der Waals surface area (Å²) in [5.41, 5.74) is 6.78. The maximum atomic E-state index is 11.9. The first-order valence-corrected chi connectivity index (χ1v) is 7.01. The molecule has 0 spiro atoms. The van der Waals surface area contributed by atoms with E-state index in [1.54, 1.807) is 11.3 Å². The molecule has 1 aromatic carbocycles. The van der Waals surface area contributed by atoms with Crippen LogP contribution in [-0.4, -0.2) is 30.1 Å². The van der Waals surface area contributed by atoms with Crippen molar-refractivity contribution in [3.63, 3.8) is 0 Å². The Hall–Kier alpha value is -1.50. The lowest BCUT2D eigenvalue weighted by Crippen LogP contribution is -2.40. The van der Waals surface area contributed by atoms with Crippen LogP contribution in [0.3, 0.4) is 0 Å². The Balaban J connectivity index is 1.64. The second-order valence-corrected chi connectivity index (χ2v) is 5.72. The van der Waals surface area contributed by atoms with Crippen LogP contribution >= 0.6 is 11.3 Å². The van der Waals surface area contributed by atoms with E-state index < -0.39 is 0 Å². The highest BCUT2D eigenvalue weighted by molar-refractivity contribution is 7.18. The van der Waals surface area contributed by atoms with Crippen LogP contribution in [0.4, 0.5) is 0 Å². The number of nitrogens with one attached hydrogen (secondary N) is 1. The van der Waals surface area contributed by atoms with Crippen LogP contribution < -0.4 is 11.1 Å². The number of amides is 1. The minimum Gasteiger partial charge on any atom is -0.379 e. The van der Waals surface area contributed by atoms with Crippen LogP contribution in [0.5, 0.6) is 0 Å². The van der Waals surface area contributed by atoms with Gasteiger partial charge in [0.05, 0.1) is 35.9 Å². The molecule has 1 saturated heterocycles. The maximum Gasteiger partial charge on any atom is 0.227 e. The van der Waals surface area contributed by atoms with Crippen LogP contribution in [0.2, 0.25) is 0 Å². The number of ether oxygens (including phenoxy) is 1. The van der Waals surface area contributed by atoms with Gasteiger partial charge in [0.25, 0.3) is 0 Å². The Labute approximate surface area is 114 Å². The molecular weight excluding hydrogens is 262 g/mol. The van der Waals surface area contributed by atoms with Crippen molar-refractivity contribution in [1.82, 2.24) is 10.3 Å². The number of hydrogen-bond acceptors (Lipinski definition) is 5. The SMILES string of the molecule is NC1COCC1C(=O)NCc1nc2ccccc2s1. The van der Waals surface area contributed by atoms with Crippen LogP contribution in [-0.2, 0) is 16.1 Å². The predicted octanol–water partition coefficient (Wildman–Crippen LogP) is 0.886. The molecule has 6 heteroatoms. The number of rotatable bonds is 3. The average molecular weight is 277 g/mol. The number of aromatic nitrogens is 1. The normalized spacial score (nSPS) is 22.8. The molecule has 0 aliphatic carbocycles. The van der Waals surface area contributed by atoms with Gasteiger partial charge in [-0.1, -0.05) is 12.1 Å². The highest BCUT2D eigenvalue weighted by atomic mass is 32.1. The molecule has 2 aromatic rings. The van der Waals surface area contributed by atoms with Gasteiger partial charge < -0.3 is 15.8 Å². The number of carbonyl (C=O) groups is 1. The quantitative estimate of drug-likeness (QED) is 0.873. The fourth-order valence-corrected chi connectivity index (χ4v) is 3.04. The molecule has 3 rings (SSSR count). The summed E-state index contributed by atoms with van der Waals surface area (Å²) >= 11 is 1.59. The number of benzene rings is 1. The topological polar surface area (TPSA) is 77.2 Å². The van der Waals surface area contributed by atoms with E-state index in [1.165, 1.54) is 0 Å². The number of fused-ring (bicyclic) bond motifs is 1. The van der Waals surface area contributed by atoms with Crippen molar-refractivity contribution in [1.29, 1.82) is 0 Å². The molecule has 2 heterocycles. The molecule has 0 saturated carbocycles. The highest BCUT2D eigenvalue weighted by Gasteiger charge is 2.31. The minimum atomic E-state index is -0.241. The van der Waals surface area contributed by atoms with Crippen LogP contribution in [0.25, 0.3) is 10.2 Å². The van der Waals surface area contributed by atoms with E-state index in [2.05, 4.69) is 10.3 Å². The van der Waals surface area contributed by atoms with E-state index in [0.29, 0.717) is 19.8 Å². The van der Waals surface area contributed by atoms with E-state index in [9.17, 15) is 4.79 Å². The standard InChI is InChI=1S/C13H15N3O2S/c14-9-7-18-6-8(9)13(17)15-5-12-16-10-3-1-2-4-11(10)19-12/h1-4,8-9H,5-7,14H2,(H,15,17). The number of para-hydroxylation sites is 1. The molecule has 1 aromatic heterocycles. The smallest absolute Gasteiger partial charge is 0.227 e.